The van der Waals surface area contributed by atoms with Crippen LogP contribution in [0.3, 0.4) is 0 Å². The molecule has 0 bridgehead atoms. The van der Waals surface area contributed by atoms with Gasteiger partial charge in [0.15, 0.2) is 11.5 Å². The Morgan fingerprint density at radius 3 is 2.49 bits per heavy atom. The molecule has 2 aromatic carbocycles. The van der Waals surface area contributed by atoms with Gasteiger partial charge >= 0.3 is 0 Å². The van der Waals surface area contributed by atoms with Gasteiger partial charge in [0.1, 0.15) is 11.5 Å². The minimum absolute atomic E-state index is 0.00587. The maximum Gasteiger partial charge on any atom is 0.295 e. The van der Waals surface area contributed by atoms with E-state index in [9.17, 15) is 19.8 Å². The number of aliphatic hydroxyl groups excluding tert-OH is 1. The second-order valence-electron chi connectivity index (χ2n) is 9.10. The first kappa shape index (κ1) is 26.5. The van der Waals surface area contributed by atoms with E-state index in [0.29, 0.717) is 49.7 Å². The van der Waals surface area contributed by atoms with Gasteiger partial charge in [-0.3, -0.25) is 14.5 Å². The second-order valence-corrected chi connectivity index (χ2v) is 9.10. The van der Waals surface area contributed by atoms with Crippen LogP contribution in [0.25, 0.3) is 5.76 Å². The fraction of sp³-hybridized carbons (Fsp3) is 0.429. The summed E-state index contributed by atoms with van der Waals surface area (Å²) in [4.78, 5) is 30.2. The molecule has 0 aliphatic carbocycles. The molecule has 2 aliphatic heterocycles. The predicted molar refractivity (Wildman–Crippen MR) is 138 cm³/mol. The summed E-state index contributed by atoms with van der Waals surface area (Å²) in [6.45, 7) is 6.70. The maximum absolute atomic E-state index is 13.3. The van der Waals surface area contributed by atoms with Gasteiger partial charge in [-0.05, 0) is 54.8 Å². The number of likely N-dealkylation sites (tertiary alicyclic amines) is 1. The van der Waals surface area contributed by atoms with E-state index >= 15 is 0 Å². The molecule has 1 unspecified atom stereocenters. The average Bonchev–Trinajstić information content (AvgIpc) is 3.17. The molecule has 2 aromatic rings. The first-order chi connectivity index (χ1) is 17.9. The normalized spacial score (nSPS) is 19.8. The van der Waals surface area contributed by atoms with Crippen LogP contribution < -0.4 is 9.47 Å². The van der Waals surface area contributed by atoms with Gasteiger partial charge in [-0.15, -0.1) is 0 Å². The van der Waals surface area contributed by atoms with Gasteiger partial charge in [-0.2, -0.15) is 0 Å². The van der Waals surface area contributed by atoms with Crippen molar-refractivity contribution in [3.8, 4) is 17.2 Å². The highest BCUT2D eigenvalue weighted by Crippen LogP contribution is 2.42. The van der Waals surface area contributed by atoms with Gasteiger partial charge in [-0.25, -0.2) is 0 Å². The van der Waals surface area contributed by atoms with Gasteiger partial charge in [0.2, 0.25) is 0 Å². The Hall–Kier alpha value is -3.56. The molecule has 2 aliphatic rings. The number of phenols is 1. The van der Waals surface area contributed by atoms with E-state index in [2.05, 4.69) is 4.90 Å². The van der Waals surface area contributed by atoms with E-state index in [4.69, 9.17) is 14.2 Å². The first-order valence-corrected chi connectivity index (χ1v) is 12.6. The summed E-state index contributed by atoms with van der Waals surface area (Å²) in [6.07, 6.45) is 1.52. The van der Waals surface area contributed by atoms with Crippen molar-refractivity contribution in [2.75, 3.05) is 53.1 Å². The molecule has 2 heterocycles. The van der Waals surface area contributed by atoms with Crippen molar-refractivity contribution >= 4 is 17.4 Å². The van der Waals surface area contributed by atoms with Crippen molar-refractivity contribution in [1.82, 2.24) is 9.80 Å². The number of phenolic OH excluding ortho intramolecular Hbond substituents is 1. The van der Waals surface area contributed by atoms with Gasteiger partial charge in [0.25, 0.3) is 11.7 Å². The van der Waals surface area contributed by atoms with E-state index in [0.717, 1.165) is 26.1 Å². The molecule has 9 heteroatoms. The number of aliphatic hydroxyl groups is 1. The lowest BCUT2D eigenvalue weighted by molar-refractivity contribution is -0.140. The summed E-state index contributed by atoms with van der Waals surface area (Å²) in [5, 5.41) is 21.4. The Balaban J connectivity index is 1.67. The molecule has 0 spiro atoms. The standard InChI is InChI=1S/C28H34N2O7/c1-3-15-37-21-8-5-19(6-9-21)26(32)24-25(20-7-10-22(31)23(18-20)35-2)30(28(34)27(24)33)12-4-11-29-13-16-36-17-14-29/h5-10,18,25,31-32H,3-4,11-17H2,1-2H3/b26-24+. The van der Waals surface area contributed by atoms with E-state index in [-0.39, 0.29) is 22.8 Å². The quantitative estimate of drug-likeness (QED) is 0.285. The Kier molecular flexibility index (Phi) is 8.68. The average molecular weight is 511 g/mol. The Morgan fingerprint density at radius 1 is 1.08 bits per heavy atom. The van der Waals surface area contributed by atoms with Crippen LogP contribution in [-0.4, -0.2) is 84.8 Å². The number of carbonyl (C=O) groups is 2. The number of nitrogens with zero attached hydrogens (tertiary/aromatic N) is 2. The zero-order chi connectivity index (χ0) is 26.4. The molecule has 2 N–H and O–H groups in total. The van der Waals surface area contributed by atoms with Gasteiger partial charge in [0.05, 0.1) is 38.5 Å². The zero-order valence-corrected chi connectivity index (χ0v) is 21.3. The number of amides is 1. The summed E-state index contributed by atoms with van der Waals surface area (Å²) in [5.74, 6) is -0.849. The number of morpholine rings is 1. The fourth-order valence-electron chi connectivity index (χ4n) is 4.70. The van der Waals surface area contributed by atoms with E-state index in [1.54, 1.807) is 36.4 Å². The summed E-state index contributed by atoms with van der Waals surface area (Å²) >= 11 is 0. The lowest BCUT2D eigenvalue weighted by Crippen LogP contribution is -2.38. The van der Waals surface area contributed by atoms with Crippen LogP contribution in [0.5, 0.6) is 17.2 Å². The molecule has 4 rings (SSSR count). The third-order valence-corrected chi connectivity index (χ3v) is 6.64. The number of benzene rings is 2. The molecule has 1 atom stereocenters. The van der Waals surface area contributed by atoms with Crippen LogP contribution in [0.1, 0.15) is 36.9 Å². The highest BCUT2D eigenvalue weighted by molar-refractivity contribution is 6.46. The molecule has 1 amide bonds. The number of ketones is 1. The Bertz CT molecular complexity index is 1140. The van der Waals surface area contributed by atoms with Gasteiger partial charge in [0, 0.05) is 31.7 Å². The number of Topliss-reactive ketones (excluding diaryl/α,β-unsaturated/α-hetero) is 1. The van der Waals surface area contributed by atoms with E-state index < -0.39 is 17.7 Å². The molecule has 0 saturated carbocycles. The van der Waals surface area contributed by atoms with Crippen molar-refractivity contribution in [3.05, 3.63) is 59.2 Å². The molecule has 9 nitrogen and oxygen atoms in total. The molecule has 2 saturated heterocycles. The van der Waals surface area contributed by atoms with Crippen molar-refractivity contribution in [3.63, 3.8) is 0 Å². The molecule has 198 valence electrons. The van der Waals surface area contributed by atoms with Crippen molar-refractivity contribution in [2.24, 2.45) is 0 Å². The topological polar surface area (TPSA) is 109 Å². The monoisotopic (exact) mass is 510 g/mol. The lowest BCUT2D eigenvalue weighted by Gasteiger charge is -2.29. The zero-order valence-electron chi connectivity index (χ0n) is 21.3. The number of rotatable bonds is 10. The van der Waals surface area contributed by atoms with Crippen LogP contribution in [0.2, 0.25) is 0 Å². The molecule has 2 fully saturated rings. The third-order valence-electron chi connectivity index (χ3n) is 6.64. The number of hydrogen-bond donors (Lipinski definition) is 2. The molecule has 37 heavy (non-hydrogen) atoms. The summed E-state index contributed by atoms with van der Waals surface area (Å²) in [7, 11) is 1.43. The number of carbonyl (C=O) groups excluding carboxylic acids is 2. The van der Waals surface area contributed by atoms with Crippen molar-refractivity contribution in [1.29, 1.82) is 0 Å². The molecule has 0 aromatic heterocycles. The van der Waals surface area contributed by atoms with Crippen LogP contribution in [-0.2, 0) is 14.3 Å². The molecular weight excluding hydrogens is 476 g/mol. The van der Waals surface area contributed by atoms with E-state index in [1.807, 2.05) is 6.92 Å². The third kappa shape index (κ3) is 5.89. The van der Waals surface area contributed by atoms with Crippen LogP contribution in [0, 0.1) is 0 Å². The first-order valence-electron chi connectivity index (χ1n) is 12.6. The van der Waals surface area contributed by atoms with Crippen LogP contribution >= 0.6 is 0 Å². The maximum atomic E-state index is 13.3. The summed E-state index contributed by atoms with van der Waals surface area (Å²) < 4.78 is 16.3. The number of hydrogen-bond acceptors (Lipinski definition) is 8. The second kappa shape index (κ2) is 12.1. The van der Waals surface area contributed by atoms with Crippen LogP contribution in [0.15, 0.2) is 48.0 Å². The summed E-state index contributed by atoms with van der Waals surface area (Å²) in [5.41, 5.74) is 0.974. The predicted octanol–water partition coefficient (Wildman–Crippen LogP) is 3.33. The number of methoxy groups -OCH3 is 1. The minimum atomic E-state index is -0.824. The minimum Gasteiger partial charge on any atom is -0.507 e. The molecular formula is C28H34N2O7. The summed E-state index contributed by atoms with van der Waals surface area (Å²) in [6, 6.07) is 10.6. The highest BCUT2D eigenvalue weighted by Gasteiger charge is 2.46. The largest absolute Gasteiger partial charge is 0.507 e. The van der Waals surface area contributed by atoms with E-state index in [1.165, 1.54) is 18.1 Å². The number of ether oxygens (including phenoxy) is 3. The fourth-order valence-corrected chi connectivity index (χ4v) is 4.70. The van der Waals surface area contributed by atoms with Crippen molar-refractivity contribution < 1.29 is 34.0 Å². The van der Waals surface area contributed by atoms with Gasteiger partial charge in [-0.1, -0.05) is 13.0 Å². The highest BCUT2D eigenvalue weighted by atomic mass is 16.5. The smallest absolute Gasteiger partial charge is 0.295 e. The van der Waals surface area contributed by atoms with Crippen molar-refractivity contribution in [2.45, 2.75) is 25.8 Å². The number of aromatic hydroxyl groups is 1. The van der Waals surface area contributed by atoms with Gasteiger partial charge < -0.3 is 29.3 Å². The Labute approximate surface area is 216 Å². The Morgan fingerprint density at radius 2 is 1.81 bits per heavy atom. The van der Waals surface area contributed by atoms with Crippen LogP contribution in [0.4, 0.5) is 0 Å². The molecule has 0 radical (unpaired) electrons. The lowest BCUT2D eigenvalue weighted by atomic mass is 9.95. The SMILES string of the molecule is CCCOc1ccc(/C(O)=C2\C(=O)C(=O)N(CCCN3CCOCC3)C2c2ccc(O)c(OC)c2)cc1.